The maximum absolute atomic E-state index is 10.6. The van der Waals surface area contributed by atoms with E-state index in [1.165, 1.54) is 32.1 Å². The van der Waals surface area contributed by atoms with E-state index in [1.807, 2.05) is 31.2 Å². The standard InChI is InChI=1S/C25H33N5O3S/c1-14-20(24-29-17-9-5-6-10-19(17)34-24)23(28-18-11-16(13-31)21(32)22(18)33)30-25(27-14)26-12-15-7-3-2-4-8-15/h5-6,9-10,15-16,18,21-22,31-33H,2-4,7-8,11-13H2,1H3,(H2,26,27,28,30)/t16-,18-,21-,22+/m1/s1. The molecular weight excluding hydrogens is 450 g/mol. The molecule has 2 saturated carbocycles. The van der Waals surface area contributed by atoms with Crippen LogP contribution in [0.2, 0.25) is 0 Å². The van der Waals surface area contributed by atoms with Crippen LogP contribution in [-0.2, 0) is 0 Å². The summed E-state index contributed by atoms with van der Waals surface area (Å²) in [4.78, 5) is 14.4. The van der Waals surface area contributed by atoms with E-state index < -0.39 is 18.2 Å². The molecule has 0 bridgehead atoms. The Hall–Kier alpha value is -2.33. The van der Waals surface area contributed by atoms with Crippen LogP contribution in [0.4, 0.5) is 11.8 Å². The van der Waals surface area contributed by atoms with Crippen molar-refractivity contribution < 1.29 is 15.3 Å². The fourth-order valence-corrected chi connectivity index (χ4v) is 6.31. The Kier molecular flexibility index (Phi) is 6.96. The van der Waals surface area contributed by atoms with Crippen LogP contribution in [0.1, 0.15) is 44.2 Å². The van der Waals surface area contributed by atoms with Gasteiger partial charge in [0.05, 0.1) is 33.6 Å². The fraction of sp³-hybridized carbons (Fsp3) is 0.560. The maximum Gasteiger partial charge on any atom is 0.224 e. The molecule has 5 N–H and O–H groups in total. The lowest BCUT2D eigenvalue weighted by molar-refractivity contribution is 0.00446. The van der Waals surface area contributed by atoms with Crippen molar-refractivity contribution in [3.63, 3.8) is 0 Å². The van der Waals surface area contributed by atoms with Crippen molar-refractivity contribution in [1.29, 1.82) is 0 Å². The van der Waals surface area contributed by atoms with Crippen LogP contribution < -0.4 is 10.6 Å². The zero-order valence-electron chi connectivity index (χ0n) is 19.4. The van der Waals surface area contributed by atoms with Gasteiger partial charge in [-0.2, -0.15) is 4.98 Å². The highest BCUT2D eigenvalue weighted by molar-refractivity contribution is 7.21. The van der Waals surface area contributed by atoms with Gasteiger partial charge in [0.2, 0.25) is 5.95 Å². The summed E-state index contributed by atoms with van der Waals surface area (Å²) in [5.41, 5.74) is 2.53. The van der Waals surface area contributed by atoms with E-state index in [1.54, 1.807) is 11.3 Å². The Morgan fingerprint density at radius 3 is 2.56 bits per heavy atom. The Morgan fingerprint density at radius 2 is 1.82 bits per heavy atom. The number of rotatable bonds is 7. The molecular formula is C25H33N5O3S. The van der Waals surface area contributed by atoms with Gasteiger partial charge in [-0.15, -0.1) is 11.3 Å². The van der Waals surface area contributed by atoms with Gasteiger partial charge in [0.15, 0.2) is 0 Å². The largest absolute Gasteiger partial charge is 0.396 e. The van der Waals surface area contributed by atoms with Crippen LogP contribution in [0.3, 0.4) is 0 Å². The molecule has 0 unspecified atom stereocenters. The third-order valence-electron chi connectivity index (χ3n) is 7.23. The van der Waals surface area contributed by atoms with Gasteiger partial charge in [0.1, 0.15) is 16.9 Å². The highest BCUT2D eigenvalue weighted by Gasteiger charge is 2.41. The molecule has 2 heterocycles. The van der Waals surface area contributed by atoms with Gasteiger partial charge in [-0.05, 0) is 44.2 Å². The van der Waals surface area contributed by atoms with Crippen molar-refractivity contribution in [3.05, 3.63) is 30.0 Å². The predicted molar refractivity (Wildman–Crippen MR) is 135 cm³/mol. The third kappa shape index (κ3) is 4.75. The number of anilines is 2. The summed E-state index contributed by atoms with van der Waals surface area (Å²) in [6.07, 6.45) is 4.83. The molecule has 0 aliphatic heterocycles. The smallest absolute Gasteiger partial charge is 0.224 e. The van der Waals surface area contributed by atoms with Gasteiger partial charge in [-0.25, -0.2) is 9.97 Å². The van der Waals surface area contributed by atoms with E-state index in [0.29, 0.717) is 24.1 Å². The topological polar surface area (TPSA) is 123 Å². The molecule has 3 aromatic rings. The number of hydrogen-bond donors (Lipinski definition) is 5. The first-order chi connectivity index (χ1) is 16.5. The molecule has 0 saturated heterocycles. The lowest BCUT2D eigenvalue weighted by Crippen LogP contribution is -2.35. The first-order valence-corrected chi connectivity index (χ1v) is 13.1. The van der Waals surface area contributed by atoms with Gasteiger partial charge >= 0.3 is 0 Å². The Balaban J connectivity index is 1.47. The number of aromatic nitrogens is 3. The van der Waals surface area contributed by atoms with E-state index in [9.17, 15) is 15.3 Å². The normalized spacial score (nSPS) is 25.6. The van der Waals surface area contributed by atoms with Gasteiger partial charge in [0, 0.05) is 19.1 Å². The van der Waals surface area contributed by atoms with Crippen LogP contribution in [-0.4, -0.2) is 61.7 Å². The molecule has 2 aromatic heterocycles. The second kappa shape index (κ2) is 10.1. The molecule has 9 heteroatoms. The third-order valence-corrected chi connectivity index (χ3v) is 8.28. The highest BCUT2D eigenvalue weighted by atomic mass is 32.1. The Bertz CT molecular complexity index is 1100. The second-order valence-electron chi connectivity index (χ2n) is 9.64. The van der Waals surface area contributed by atoms with Crippen LogP contribution in [0.15, 0.2) is 24.3 Å². The molecule has 4 atom stereocenters. The average molecular weight is 484 g/mol. The van der Waals surface area contributed by atoms with Crippen LogP contribution in [0, 0.1) is 18.8 Å². The van der Waals surface area contributed by atoms with Crippen molar-refractivity contribution >= 4 is 33.3 Å². The number of fused-ring (bicyclic) bond motifs is 1. The molecule has 2 aliphatic rings. The lowest BCUT2D eigenvalue weighted by Gasteiger charge is -2.23. The molecule has 8 nitrogen and oxygen atoms in total. The SMILES string of the molecule is Cc1nc(NCC2CCCCC2)nc(N[C@@H]2C[C@H](CO)[C@@H](O)[C@H]2O)c1-c1nc2ccccc2s1. The molecule has 34 heavy (non-hydrogen) atoms. The van der Waals surface area contributed by atoms with E-state index >= 15 is 0 Å². The minimum absolute atomic E-state index is 0.169. The number of aliphatic hydroxyl groups excluding tert-OH is 3. The summed E-state index contributed by atoms with van der Waals surface area (Å²) in [6.45, 7) is 2.63. The summed E-state index contributed by atoms with van der Waals surface area (Å²) >= 11 is 1.58. The zero-order valence-corrected chi connectivity index (χ0v) is 20.3. The molecule has 0 radical (unpaired) electrons. The van der Waals surface area contributed by atoms with Crippen molar-refractivity contribution in [2.24, 2.45) is 11.8 Å². The monoisotopic (exact) mass is 483 g/mol. The minimum Gasteiger partial charge on any atom is -0.396 e. The van der Waals surface area contributed by atoms with Crippen molar-refractivity contribution in [2.45, 2.75) is 63.7 Å². The van der Waals surface area contributed by atoms with Crippen LogP contribution >= 0.6 is 11.3 Å². The molecule has 2 fully saturated rings. The molecule has 2 aliphatic carbocycles. The van der Waals surface area contributed by atoms with Gasteiger partial charge in [0.25, 0.3) is 0 Å². The number of thiazole rings is 1. The minimum atomic E-state index is -0.991. The van der Waals surface area contributed by atoms with Crippen molar-refractivity contribution in [2.75, 3.05) is 23.8 Å². The zero-order chi connectivity index (χ0) is 23.7. The van der Waals surface area contributed by atoms with E-state index in [-0.39, 0.29) is 12.5 Å². The Labute approximate surface area is 203 Å². The van der Waals surface area contributed by atoms with E-state index in [0.717, 1.165) is 33.0 Å². The van der Waals surface area contributed by atoms with Gasteiger partial charge < -0.3 is 26.0 Å². The summed E-state index contributed by atoms with van der Waals surface area (Å²) in [6, 6.07) is 7.57. The highest BCUT2D eigenvalue weighted by Crippen LogP contribution is 2.38. The number of aryl methyl sites for hydroxylation is 1. The number of nitrogens with one attached hydrogen (secondary N) is 2. The Morgan fingerprint density at radius 1 is 1.03 bits per heavy atom. The van der Waals surface area contributed by atoms with E-state index in [4.69, 9.17) is 15.0 Å². The average Bonchev–Trinajstić information content (AvgIpc) is 3.39. The summed E-state index contributed by atoms with van der Waals surface area (Å²) in [7, 11) is 0. The summed E-state index contributed by atoms with van der Waals surface area (Å²) in [5, 5.41) is 38.1. The number of hydrogen-bond acceptors (Lipinski definition) is 9. The fourth-order valence-electron chi connectivity index (χ4n) is 5.24. The number of para-hydroxylation sites is 1. The maximum atomic E-state index is 10.6. The summed E-state index contributed by atoms with van der Waals surface area (Å²) in [5.74, 6) is 1.41. The van der Waals surface area contributed by atoms with Gasteiger partial charge in [-0.1, -0.05) is 31.4 Å². The molecule has 0 spiro atoms. The summed E-state index contributed by atoms with van der Waals surface area (Å²) < 4.78 is 1.08. The van der Waals surface area contributed by atoms with E-state index in [2.05, 4.69) is 10.6 Å². The van der Waals surface area contributed by atoms with Crippen molar-refractivity contribution in [3.8, 4) is 10.6 Å². The molecule has 5 rings (SSSR count). The molecule has 182 valence electrons. The quantitative estimate of drug-likeness (QED) is 0.346. The first-order valence-electron chi connectivity index (χ1n) is 12.3. The predicted octanol–water partition coefficient (Wildman–Crippen LogP) is 3.57. The first kappa shape index (κ1) is 23.4. The van der Waals surface area contributed by atoms with Crippen LogP contribution in [0.5, 0.6) is 0 Å². The molecule has 0 amide bonds. The number of aliphatic hydroxyl groups is 3. The number of nitrogens with zero attached hydrogens (tertiary/aromatic N) is 3. The number of benzene rings is 1. The molecule has 1 aromatic carbocycles. The van der Waals surface area contributed by atoms with Crippen LogP contribution in [0.25, 0.3) is 20.8 Å². The lowest BCUT2D eigenvalue weighted by atomic mass is 9.89. The van der Waals surface area contributed by atoms with Gasteiger partial charge in [-0.3, -0.25) is 0 Å². The van der Waals surface area contributed by atoms with Crippen molar-refractivity contribution in [1.82, 2.24) is 15.0 Å². The second-order valence-corrected chi connectivity index (χ2v) is 10.7.